The summed E-state index contributed by atoms with van der Waals surface area (Å²) in [4.78, 5) is 25.6. The Hall–Kier alpha value is -0.810. The van der Waals surface area contributed by atoms with Crippen molar-refractivity contribution in [3.05, 3.63) is 0 Å². The highest BCUT2D eigenvalue weighted by Gasteiger charge is 2.31. The van der Waals surface area contributed by atoms with Crippen LogP contribution in [0, 0.1) is 5.92 Å². The molecule has 0 spiro atoms. The molecule has 1 heterocycles. The molecule has 0 bridgehead atoms. The van der Waals surface area contributed by atoms with Gasteiger partial charge >= 0.3 is 6.09 Å². The number of Topliss-reactive ketones (excluding diaryl/α,β-unsaturated/α-hetero) is 1. The molecule has 21 heavy (non-hydrogen) atoms. The molecule has 0 aromatic rings. The standard InChI is InChI=1S/C15H27ClN2O3/c1-15(2,3)21-14(20)18-9-6-11(7-10-18)13(17)12(19)5-4-8-16/h11,13H,4-10,17H2,1-3H3. The maximum absolute atomic E-state index is 12.0. The second kappa shape index (κ2) is 7.99. The van der Waals surface area contributed by atoms with E-state index >= 15 is 0 Å². The van der Waals surface area contributed by atoms with Crippen LogP contribution < -0.4 is 5.73 Å². The Morgan fingerprint density at radius 1 is 1.33 bits per heavy atom. The Balaban J connectivity index is 2.41. The third-order valence-corrected chi connectivity index (χ3v) is 3.90. The van der Waals surface area contributed by atoms with Crippen LogP contribution in [0.5, 0.6) is 0 Å². The highest BCUT2D eigenvalue weighted by molar-refractivity contribution is 6.17. The lowest BCUT2D eigenvalue weighted by Gasteiger charge is -2.35. The number of amides is 1. The Labute approximate surface area is 132 Å². The lowest BCUT2D eigenvalue weighted by atomic mass is 9.86. The first-order valence-electron chi connectivity index (χ1n) is 7.57. The monoisotopic (exact) mass is 318 g/mol. The predicted octanol–water partition coefficient (Wildman–Crippen LogP) is 2.55. The summed E-state index contributed by atoms with van der Waals surface area (Å²) in [5, 5.41) is 0. The van der Waals surface area contributed by atoms with E-state index in [1.54, 1.807) is 4.90 Å². The van der Waals surface area contributed by atoms with Gasteiger partial charge in [0, 0.05) is 25.4 Å². The van der Waals surface area contributed by atoms with Gasteiger partial charge in [0.1, 0.15) is 11.4 Å². The summed E-state index contributed by atoms with van der Waals surface area (Å²) in [7, 11) is 0. The molecule has 1 amide bonds. The zero-order chi connectivity index (χ0) is 16.0. The van der Waals surface area contributed by atoms with Crippen LogP contribution in [-0.2, 0) is 9.53 Å². The molecule has 1 rings (SSSR count). The molecule has 1 atom stereocenters. The first-order valence-corrected chi connectivity index (χ1v) is 8.10. The zero-order valence-corrected chi connectivity index (χ0v) is 14.0. The van der Waals surface area contributed by atoms with Crippen LogP contribution in [0.1, 0.15) is 46.5 Å². The first kappa shape index (κ1) is 18.2. The molecule has 0 aliphatic carbocycles. The van der Waals surface area contributed by atoms with Gasteiger partial charge < -0.3 is 15.4 Å². The van der Waals surface area contributed by atoms with Crippen molar-refractivity contribution in [2.24, 2.45) is 11.7 Å². The Bertz CT molecular complexity index is 360. The van der Waals surface area contributed by atoms with E-state index in [1.807, 2.05) is 20.8 Å². The topological polar surface area (TPSA) is 72.6 Å². The van der Waals surface area contributed by atoms with Crippen LogP contribution >= 0.6 is 11.6 Å². The van der Waals surface area contributed by atoms with Crippen LogP contribution in [0.25, 0.3) is 0 Å². The number of halogens is 1. The van der Waals surface area contributed by atoms with Crippen LogP contribution in [0.4, 0.5) is 4.79 Å². The predicted molar refractivity (Wildman–Crippen MR) is 83.5 cm³/mol. The van der Waals surface area contributed by atoms with E-state index in [0.29, 0.717) is 31.8 Å². The minimum Gasteiger partial charge on any atom is -0.444 e. The number of alkyl halides is 1. The first-order chi connectivity index (χ1) is 9.74. The fourth-order valence-corrected chi connectivity index (χ4v) is 2.57. The molecule has 0 radical (unpaired) electrons. The molecule has 0 aromatic carbocycles. The number of carbonyl (C=O) groups excluding carboxylic acids is 2. The number of hydrogen-bond acceptors (Lipinski definition) is 4. The number of carbonyl (C=O) groups is 2. The minimum atomic E-state index is -0.484. The van der Waals surface area contributed by atoms with Crippen molar-refractivity contribution in [2.75, 3.05) is 19.0 Å². The molecule has 1 fully saturated rings. The molecular formula is C15H27ClN2O3. The quantitative estimate of drug-likeness (QED) is 0.791. The summed E-state index contributed by atoms with van der Waals surface area (Å²) >= 11 is 5.59. The van der Waals surface area contributed by atoms with Gasteiger partial charge in [0.2, 0.25) is 0 Å². The number of piperidine rings is 1. The smallest absolute Gasteiger partial charge is 0.410 e. The molecule has 5 nitrogen and oxygen atoms in total. The molecule has 1 unspecified atom stereocenters. The van der Waals surface area contributed by atoms with Crippen molar-refractivity contribution in [1.82, 2.24) is 4.90 Å². The van der Waals surface area contributed by atoms with Crippen molar-refractivity contribution in [3.63, 3.8) is 0 Å². The van der Waals surface area contributed by atoms with E-state index in [9.17, 15) is 9.59 Å². The summed E-state index contributed by atoms with van der Waals surface area (Å²) in [6, 6.07) is -0.436. The summed E-state index contributed by atoms with van der Waals surface area (Å²) in [6.07, 6.45) is 2.31. The van der Waals surface area contributed by atoms with Crippen molar-refractivity contribution in [1.29, 1.82) is 0 Å². The number of ketones is 1. The van der Waals surface area contributed by atoms with Gasteiger partial charge in [0.05, 0.1) is 6.04 Å². The largest absolute Gasteiger partial charge is 0.444 e. The molecule has 1 aliphatic heterocycles. The fourth-order valence-electron chi connectivity index (χ4n) is 2.44. The van der Waals surface area contributed by atoms with Gasteiger partial charge in [-0.25, -0.2) is 4.79 Å². The minimum absolute atomic E-state index is 0.0753. The Morgan fingerprint density at radius 3 is 2.38 bits per heavy atom. The van der Waals surface area contributed by atoms with Gasteiger partial charge in [-0.15, -0.1) is 11.6 Å². The van der Waals surface area contributed by atoms with Crippen LogP contribution in [0.2, 0.25) is 0 Å². The highest BCUT2D eigenvalue weighted by Crippen LogP contribution is 2.22. The number of ether oxygens (including phenoxy) is 1. The van der Waals surface area contributed by atoms with Crippen molar-refractivity contribution in [2.45, 2.75) is 58.1 Å². The third kappa shape index (κ3) is 6.22. The summed E-state index contributed by atoms with van der Waals surface area (Å²) in [6.45, 7) is 6.74. The van der Waals surface area contributed by atoms with E-state index in [2.05, 4.69) is 0 Å². The van der Waals surface area contributed by atoms with Crippen molar-refractivity contribution < 1.29 is 14.3 Å². The van der Waals surface area contributed by atoms with Gasteiger partial charge in [-0.2, -0.15) is 0 Å². The maximum atomic E-state index is 12.0. The van der Waals surface area contributed by atoms with E-state index < -0.39 is 11.6 Å². The Kier molecular flexibility index (Phi) is 6.94. The third-order valence-electron chi connectivity index (χ3n) is 3.63. The van der Waals surface area contributed by atoms with Crippen molar-refractivity contribution >= 4 is 23.5 Å². The molecule has 2 N–H and O–H groups in total. The molecule has 122 valence electrons. The second-order valence-corrected chi connectivity index (χ2v) is 6.97. The molecule has 1 aliphatic rings. The molecule has 0 aromatic heterocycles. The van der Waals surface area contributed by atoms with Crippen LogP contribution in [0.15, 0.2) is 0 Å². The van der Waals surface area contributed by atoms with E-state index in [4.69, 9.17) is 22.1 Å². The summed E-state index contributed by atoms with van der Waals surface area (Å²) in [5.41, 5.74) is 5.54. The lowest BCUT2D eigenvalue weighted by molar-refractivity contribution is -0.121. The summed E-state index contributed by atoms with van der Waals surface area (Å²) < 4.78 is 5.35. The van der Waals surface area contributed by atoms with Gasteiger partial charge in [-0.1, -0.05) is 0 Å². The highest BCUT2D eigenvalue weighted by atomic mass is 35.5. The fraction of sp³-hybridized carbons (Fsp3) is 0.867. The average Bonchev–Trinajstić information content (AvgIpc) is 2.42. The number of hydrogen-bond donors (Lipinski definition) is 1. The van der Waals surface area contributed by atoms with E-state index in [-0.39, 0.29) is 17.8 Å². The van der Waals surface area contributed by atoms with Crippen molar-refractivity contribution in [3.8, 4) is 0 Å². The second-order valence-electron chi connectivity index (χ2n) is 6.59. The van der Waals surface area contributed by atoms with E-state index in [1.165, 1.54) is 0 Å². The Morgan fingerprint density at radius 2 is 1.90 bits per heavy atom. The molecule has 1 saturated heterocycles. The zero-order valence-electron chi connectivity index (χ0n) is 13.2. The molecule has 6 heteroatoms. The van der Waals surface area contributed by atoms with Gasteiger partial charge in [-0.3, -0.25) is 4.79 Å². The number of nitrogens with two attached hydrogens (primary N) is 1. The van der Waals surface area contributed by atoms with Gasteiger partial charge in [0.15, 0.2) is 0 Å². The average molecular weight is 319 g/mol. The normalized spacial score (nSPS) is 18.4. The summed E-state index contributed by atoms with van der Waals surface area (Å²) in [5.74, 6) is 0.702. The van der Waals surface area contributed by atoms with Crippen LogP contribution in [-0.4, -0.2) is 47.4 Å². The molecular weight excluding hydrogens is 292 g/mol. The SMILES string of the molecule is CC(C)(C)OC(=O)N1CCC(C(N)C(=O)CCCCl)CC1. The van der Waals surface area contributed by atoms with E-state index in [0.717, 1.165) is 12.8 Å². The number of nitrogens with zero attached hydrogens (tertiary/aromatic N) is 1. The van der Waals surface area contributed by atoms with Gasteiger partial charge in [-0.05, 0) is 46.0 Å². The molecule has 0 saturated carbocycles. The van der Waals surface area contributed by atoms with Gasteiger partial charge in [0.25, 0.3) is 0 Å². The number of likely N-dealkylation sites (tertiary alicyclic amines) is 1. The van der Waals surface area contributed by atoms with Crippen LogP contribution in [0.3, 0.4) is 0 Å². The number of rotatable bonds is 5. The maximum Gasteiger partial charge on any atom is 0.410 e. The lowest BCUT2D eigenvalue weighted by Crippen LogP contribution is -2.47.